The van der Waals surface area contributed by atoms with Gasteiger partial charge in [-0.2, -0.15) is 0 Å². The van der Waals surface area contributed by atoms with Crippen LogP contribution in [0.25, 0.3) is 22.1 Å². The highest BCUT2D eigenvalue weighted by Crippen LogP contribution is 2.30. The molecular formula is C20H18O4. The number of hydrogen-bond acceptors (Lipinski definition) is 3. The number of hydrogen-bond donors (Lipinski definition) is 1. The van der Waals surface area contributed by atoms with E-state index < -0.39 is 17.5 Å². The van der Waals surface area contributed by atoms with Crippen LogP contribution in [0, 0.1) is 12.8 Å². The van der Waals surface area contributed by atoms with Crippen molar-refractivity contribution in [3.63, 3.8) is 0 Å². The fraction of sp³-hybridized carbons (Fsp3) is 0.200. The fourth-order valence-electron chi connectivity index (χ4n) is 2.87. The van der Waals surface area contributed by atoms with Gasteiger partial charge in [0, 0.05) is 17.0 Å². The van der Waals surface area contributed by atoms with Gasteiger partial charge in [0.1, 0.15) is 5.58 Å². The van der Waals surface area contributed by atoms with Crippen molar-refractivity contribution < 1.29 is 14.3 Å². The highest BCUT2D eigenvalue weighted by atomic mass is 16.4. The van der Waals surface area contributed by atoms with Gasteiger partial charge in [-0.1, -0.05) is 43.3 Å². The van der Waals surface area contributed by atoms with Gasteiger partial charge in [-0.25, -0.2) is 4.79 Å². The second kappa shape index (κ2) is 6.32. The molecule has 1 atom stereocenters. The molecule has 1 aromatic heterocycles. The quantitative estimate of drug-likeness (QED) is 0.736. The van der Waals surface area contributed by atoms with Crippen molar-refractivity contribution in [1.29, 1.82) is 0 Å². The molecule has 0 bridgehead atoms. The zero-order valence-electron chi connectivity index (χ0n) is 13.6. The van der Waals surface area contributed by atoms with E-state index in [-0.39, 0.29) is 0 Å². The lowest BCUT2D eigenvalue weighted by molar-refractivity contribution is -0.141. The van der Waals surface area contributed by atoms with E-state index in [2.05, 4.69) is 0 Å². The molecule has 0 aliphatic heterocycles. The molecule has 3 rings (SSSR count). The van der Waals surface area contributed by atoms with Crippen molar-refractivity contribution in [2.24, 2.45) is 5.92 Å². The topological polar surface area (TPSA) is 67.5 Å². The van der Waals surface area contributed by atoms with Crippen LogP contribution in [0.2, 0.25) is 0 Å². The summed E-state index contributed by atoms with van der Waals surface area (Å²) >= 11 is 0. The number of aliphatic carboxylic acids is 1. The predicted octanol–water partition coefficient (Wildman–Crippen LogP) is 4.03. The molecule has 0 radical (unpaired) electrons. The summed E-state index contributed by atoms with van der Waals surface area (Å²) in [6.45, 7) is 3.66. The first kappa shape index (κ1) is 16.0. The Kier molecular flexibility index (Phi) is 4.21. The third-order valence-electron chi connectivity index (χ3n) is 4.21. The van der Waals surface area contributed by atoms with Crippen LogP contribution in [0.1, 0.15) is 18.1 Å². The molecule has 4 heteroatoms. The zero-order valence-corrected chi connectivity index (χ0v) is 13.6. The Morgan fingerprint density at radius 1 is 1.12 bits per heavy atom. The molecule has 0 saturated carbocycles. The van der Waals surface area contributed by atoms with Crippen LogP contribution in [0.5, 0.6) is 0 Å². The van der Waals surface area contributed by atoms with Gasteiger partial charge in [-0.3, -0.25) is 4.79 Å². The number of aryl methyl sites for hydroxylation is 1. The number of rotatable bonds is 4. The first-order valence-electron chi connectivity index (χ1n) is 7.81. The van der Waals surface area contributed by atoms with Gasteiger partial charge in [-0.15, -0.1) is 0 Å². The Bertz CT molecular complexity index is 969. The van der Waals surface area contributed by atoms with E-state index in [1.807, 2.05) is 43.3 Å². The third-order valence-corrected chi connectivity index (χ3v) is 4.21. The van der Waals surface area contributed by atoms with Gasteiger partial charge in [0.2, 0.25) is 0 Å². The number of fused-ring (bicyclic) bond motifs is 1. The minimum atomic E-state index is -0.842. The van der Waals surface area contributed by atoms with Crippen LogP contribution in [-0.2, 0) is 11.2 Å². The highest BCUT2D eigenvalue weighted by Gasteiger charge is 2.14. The van der Waals surface area contributed by atoms with E-state index in [1.54, 1.807) is 13.0 Å². The average Bonchev–Trinajstić information content (AvgIpc) is 2.54. The lowest BCUT2D eigenvalue weighted by atomic mass is 9.95. The second-order valence-corrected chi connectivity index (χ2v) is 6.07. The number of carbonyl (C=O) groups is 1. The Morgan fingerprint density at radius 3 is 2.58 bits per heavy atom. The van der Waals surface area contributed by atoms with Crippen molar-refractivity contribution in [2.45, 2.75) is 20.3 Å². The summed E-state index contributed by atoms with van der Waals surface area (Å²) in [5, 5.41) is 9.89. The van der Waals surface area contributed by atoms with Crippen molar-refractivity contribution >= 4 is 16.9 Å². The molecule has 24 heavy (non-hydrogen) atoms. The molecule has 2 aromatic carbocycles. The van der Waals surface area contributed by atoms with E-state index in [4.69, 9.17) is 9.52 Å². The van der Waals surface area contributed by atoms with E-state index in [0.29, 0.717) is 12.0 Å². The molecule has 0 amide bonds. The van der Waals surface area contributed by atoms with Gasteiger partial charge in [-0.05, 0) is 36.1 Å². The molecule has 3 aromatic rings. The summed E-state index contributed by atoms with van der Waals surface area (Å²) in [4.78, 5) is 23.0. The summed E-state index contributed by atoms with van der Waals surface area (Å²) in [6, 6.07) is 14.9. The first-order valence-corrected chi connectivity index (χ1v) is 7.81. The third kappa shape index (κ3) is 3.08. The van der Waals surface area contributed by atoms with Gasteiger partial charge in [0.15, 0.2) is 0 Å². The minimum absolute atomic E-state index is 0.392. The van der Waals surface area contributed by atoms with Crippen molar-refractivity contribution in [1.82, 2.24) is 0 Å². The molecule has 4 nitrogen and oxygen atoms in total. The van der Waals surface area contributed by atoms with Gasteiger partial charge >= 0.3 is 11.6 Å². The molecule has 1 unspecified atom stereocenters. The molecule has 1 heterocycles. The Balaban J connectivity index is 2.14. The van der Waals surface area contributed by atoms with Crippen molar-refractivity contribution in [3.8, 4) is 11.1 Å². The lowest BCUT2D eigenvalue weighted by Crippen LogP contribution is -2.12. The average molecular weight is 322 g/mol. The van der Waals surface area contributed by atoms with Crippen molar-refractivity contribution in [2.75, 3.05) is 0 Å². The SMILES string of the molecule is Cc1ccccc1-c1cc(=O)oc2cc(CC(C)C(=O)O)ccc12. The maximum absolute atomic E-state index is 12.0. The number of carboxylic acids is 1. The molecular weight excluding hydrogens is 304 g/mol. The maximum atomic E-state index is 12.0. The maximum Gasteiger partial charge on any atom is 0.336 e. The fourth-order valence-corrected chi connectivity index (χ4v) is 2.87. The molecule has 0 saturated heterocycles. The van der Waals surface area contributed by atoms with Crippen LogP contribution in [0.4, 0.5) is 0 Å². The molecule has 0 aliphatic rings. The lowest BCUT2D eigenvalue weighted by Gasteiger charge is -2.11. The molecule has 122 valence electrons. The Hall–Kier alpha value is -2.88. The molecule has 0 fully saturated rings. The minimum Gasteiger partial charge on any atom is -0.481 e. The first-order chi connectivity index (χ1) is 11.5. The van der Waals surface area contributed by atoms with E-state index in [1.165, 1.54) is 6.07 Å². The van der Waals surface area contributed by atoms with Gasteiger partial charge < -0.3 is 9.52 Å². The summed E-state index contributed by atoms with van der Waals surface area (Å²) in [7, 11) is 0. The smallest absolute Gasteiger partial charge is 0.336 e. The van der Waals surface area contributed by atoms with Crippen LogP contribution >= 0.6 is 0 Å². The monoisotopic (exact) mass is 322 g/mol. The van der Waals surface area contributed by atoms with E-state index in [9.17, 15) is 9.59 Å². The molecule has 0 aliphatic carbocycles. The zero-order chi connectivity index (χ0) is 17.3. The normalized spacial score (nSPS) is 12.2. The van der Waals surface area contributed by atoms with Crippen LogP contribution in [0.3, 0.4) is 0 Å². The van der Waals surface area contributed by atoms with Gasteiger partial charge in [0.05, 0.1) is 5.92 Å². The Labute approximate surface area is 139 Å². The summed E-state index contributed by atoms with van der Waals surface area (Å²) in [5.74, 6) is -1.33. The van der Waals surface area contributed by atoms with Crippen LogP contribution in [-0.4, -0.2) is 11.1 Å². The highest BCUT2D eigenvalue weighted by molar-refractivity contribution is 5.94. The van der Waals surface area contributed by atoms with Crippen LogP contribution < -0.4 is 5.63 Å². The standard InChI is InChI=1S/C20H18O4/c1-12-5-3-4-6-15(12)17-11-19(21)24-18-10-14(7-8-16(17)18)9-13(2)20(22)23/h3-8,10-11,13H,9H2,1-2H3,(H,22,23). The summed E-state index contributed by atoms with van der Waals surface area (Å²) in [5.41, 5.74) is 3.80. The number of carboxylic acid groups (broad SMARTS) is 1. The molecule has 1 N–H and O–H groups in total. The largest absolute Gasteiger partial charge is 0.481 e. The number of benzene rings is 2. The van der Waals surface area contributed by atoms with Gasteiger partial charge in [0.25, 0.3) is 0 Å². The Morgan fingerprint density at radius 2 is 1.88 bits per heavy atom. The summed E-state index contributed by atoms with van der Waals surface area (Å²) in [6.07, 6.45) is 0.392. The van der Waals surface area contributed by atoms with Crippen molar-refractivity contribution in [3.05, 3.63) is 70.1 Å². The van der Waals surface area contributed by atoms with Crippen LogP contribution in [0.15, 0.2) is 57.7 Å². The van der Waals surface area contributed by atoms with E-state index in [0.717, 1.165) is 27.6 Å². The summed E-state index contributed by atoms with van der Waals surface area (Å²) < 4.78 is 5.34. The van der Waals surface area contributed by atoms with E-state index >= 15 is 0 Å². The molecule has 0 spiro atoms. The second-order valence-electron chi connectivity index (χ2n) is 6.07. The predicted molar refractivity (Wildman–Crippen MR) is 93.2 cm³/mol.